The predicted molar refractivity (Wildman–Crippen MR) is 85.5 cm³/mol. The van der Waals surface area contributed by atoms with Crippen molar-refractivity contribution < 1.29 is 4.79 Å². The first-order chi connectivity index (χ1) is 9.81. The van der Waals surface area contributed by atoms with Gasteiger partial charge in [-0.25, -0.2) is 4.98 Å². The van der Waals surface area contributed by atoms with Crippen molar-refractivity contribution >= 4 is 29.4 Å². The molecule has 0 bridgehead atoms. The molecule has 1 aromatic carbocycles. The number of aromatic nitrogens is 1. The summed E-state index contributed by atoms with van der Waals surface area (Å²) in [6.07, 6.45) is 3.62. The molecular weight excluding hydrogens is 288 g/mol. The fraction of sp³-hybridized carbons (Fsp3) is 0.200. The molecule has 0 radical (unpaired) electrons. The molecule has 2 aromatic rings. The first-order valence-electron chi connectivity index (χ1n) is 6.26. The first kappa shape index (κ1) is 14.9. The summed E-state index contributed by atoms with van der Waals surface area (Å²) in [5.74, 6) is 0.793. The van der Waals surface area contributed by atoms with E-state index in [-0.39, 0.29) is 5.91 Å². The molecule has 1 aromatic heterocycles. The van der Waals surface area contributed by atoms with Gasteiger partial charge in [-0.15, -0.1) is 23.5 Å². The second-order valence-electron chi connectivity index (χ2n) is 3.98. The zero-order valence-corrected chi connectivity index (χ0v) is 12.8. The van der Waals surface area contributed by atoms with Gasteiger partial charge in [0.2, 0.25) is 0 Å². The Kier molecular flexibility index (Phi) is 5.95. The highest BCUT2D eigenvalue weighted by Crippen LogP contribution is 2.17. The number of rotatable bonds is 6. The van der Waals surface area contributed by atoms with Crippen molar-refractivity contribution in [3.05, 3.63) is 54.2 Å². The minimum Gasteiger partial charge on any atom is -0.351 e. The molecule has 5 heteroatoms. The second-order valence-corrected chi connectivity index (χ2v) is 5.94. The molecule has 0 atom stereocenters. The van der Waals surface area contributed by atoms with Crippen LogP contribution in [-0.4, -0.2) is 29.4 Å². The van der Waals surface area contributed by atoms with Crippen LogP contribution in [0.4, 0.5) is 0 Å². The lowest BCUT2D eigenvalue weighted by molar-refractivity contribution is 0.0952. The lowest BCUT2D eigenvalue weighted by atomic mass is 10.3. The highest BCUT2D eigenvalue weighted by Gasteiger charge is 2.10. The molecule has 0 unspecified atom stereocenters. The van der Waals surface area contributed by atoms with Crippen molar-refractivity contribution in [3.8, 4) is 0 Å². The van der Waals surface area contributed by atoms with Crippen LogP contribution in [-0.2, 0) is 0 Å². The Balaban J connectivity index is 1.81. The number of benzene rings is 1. The summed E-state index contributed by atoms with van der Waals surface area (Å²) in [5.41, 5.74) is 0.643. The van der Waals surface area contributed by atoms with Crippen LogP contribution in [0.2, 0.25) is 0 Å². The number of nitrogens with one attached hydrogen (secondary N) is 1. The molecule has 0 aliphatic rings. The van der Waals surface area contributed by atoms with E-state index < -0.39 is 0 Å². The lowest BCUT2D eigenvalue weighted by Gasteiger charge is -2.07. The van der Waals surface area contributed by atoms with Crippen molar-refractivity contribution in [2.75, 3.05) is 18.6 Å². The standard InChI is InChI=1S/C15H16N2OS2/c1-19-15-13(8-5-9-17-15)14(18)16-10-11-20-12-6-3-2-4-7-12/h2-9H,10-11H2,1H3,(H,16,18). The van der Waals surface area contributed by atoms with Gasteiger partial charge in [-0.3, -0.25) is 4.79 Å². The second kappa shape index (κ2) is 7.97. The van der Waals surface area contributed by atoms with Crippen molar-refractivity contribution in [1.82, 2.24) is 10.3 Å². The summed E-state index contributed by atoms with van der Waals surface area (Å²) < 4.78 is 0. The molecule has 104 valence electrons. The molecule has 1 amide bonds. The van der Waals surface area contributed by atoms with E-state index in [1.54, 1.807) is 30.1 Å². The summed E-state index contributed by atoms with van der Waals surface area (Å²) in [6, 6.07) is 13.8. The Morgan fingerprint density at radius 2 is 2.00 bits per heavy atom. The molecule has 0 aliphatic heterocycles. The zero-order valence-electron chi connectivity index (χ0n) is 11.2. The largest absolute Gasteiger partial charge is 0.351 e. The van der Waals surface area contributed by atoms with E-state index in [0.717, 1.165) is 10.8 Å². The minimum atomic E-state index is -0.0592. The molecule has 20 heavy (non-hydrogen) atoms. The summed E-state index contributed by atoms with van der Waals surface area (Å²) >= 11 is 3.21. The topological polar surface area (TPSA) is 42.0 Å². The van der Waals surface area contributed by atoms with Gasteiger partial charge in [-0.1, -0.05) is 18.2 Å². The SMILES string of the molecule is CSc1ncccc1C(=O)NCCSc1ccccc1. The Morgan fingerprint density at radius 1 is 1.20 bits per heavy atom. The Morgan fingerprint density at radius 3 is 2.75 bits per heavy atom. The number of hydrogen-bond donors (Lipinski definition) is 1. The number of pyridine rings is 1. The highest BCUT2D eigenvalue weighted by molar-refractivity contribution is 7.99. The number of thioether (sulfide) groups is 2. The molecule has 0 spiro atoms. The van der Waals surface area contributed by atoms with E-state index in [9.17, 15) is 4.79 Å². The van der Waals surface area contributed by atoms with Gasteiger partial charge in [-0.05, 0) is 30.5 Å². The number of carbonyl (C=O) groups is 1. The first-order valence-corrected chi connectivity index (χ1v) is 8.47. The van der Waals surface area contributed by atoms with Gasteiger partial charge in [0, 0.05) is 23.4 Å². The normalized spacial score (nSPS) is 10.2. The third kappa shape index (κ3) is 4.28. The fourth-order valence-electron chi connectivity index (χ4n) is 1.67. The van der Waals surface area contributed by atoms with Gasteiger partial charge in [-0.2, -0.15) is 0 Å². The Hall–Kier alpha value is -1.46. The van der Waals surface area contributed by atoms with Gasteiger partial charge in [0.1, 0.15) is 5.03 Å². The molecule has 1 N–H and O–H groups in total. The van der Waals surface area contributed by atoms with E-state index in [1.807, 2.05) is 24.5 Å². The van der Waals surface area contributed by atoms with Gasteiger partial charge in [0.15, 0.2) is 0 Å². The monoisotopic (exact) mass is 304 g/mol. The van der Waals surface area contributed by atoms with Crippen LogP contribution in [0.5, 0.6) is 0 Å². The minimum absolute atomic E-state index is 0.0592. The molecular formula is C15H16N2OS2. The fourth-order valence-corrected chi connectivity index (χ4v) is 3.01. The summed E-state index contributed by atoms with van der Waals surface area (Å²) in [5, 5.41) is 3.70. The van der Waals surface area contributed by atoms with E-state index >= 15 is 0 Å². The maximum absolute atomic E-state index is 12.1. The third-order valence-electron chi connectivity index (χ3n) is 2.61. The smallest absolute Gasteiger partial charge is 0.254 e. The average Bonchev–Trinajstić information content (AvgIpc) is 2.52. The zero-order chi connectivity index (χ0) is 14.2. The Bertz CT molecular complexity index is 561. The highest BCUT2D eigenvalue weighted by atomic mass is 32.2. The summed E-state index contributed by atoms with van der Waals surface area (Å²) in [7, 11) is 0. The lowest BCUT2D eigenvalue weighted by Crippen LogP contribution is -2.26. The summed E-state index contributed by atoms with van der Waals surface area (Å²) in [4.78, 5) is 17.5. The molecule has 0 aliphatic carbocycles. The van der Waals surface area contributed by atoms with Crippen LogP contribution in [0, 0.1) is 0 Å². The molecule has 0 saturated heterocycles. The molecule has 1 heterocycles. The number of carbonyl (C=O) groups excluding carboxylic acids is 1. The van der Waals surface area contributed by atoms with Crippen LogP contribution in [0.15, 0.2) is 58.6 Å². The molecule has 0 fully saturated rings. The Labute approximate surface area is 127 Å². The molecule has 3 nitrogen and oxygen atoms in total. The maximum Gasteiger partial charge on any atom is 0.254 e. The number of hydrogen-bond acceptors (Lipinski definition) is 4. The number of amides is 1. The average molecular weight is 304 g/mol. The van der Waals surface area contributed by atoms with Crippen LogP contribution >= 0.6 is 23.5 Å². The third-order valence-corrected chi connectivity index (χ3v) is 4.33. The van der Waals surface area contributed by atoms with Gasteiger partial charge >= 0.3 is 0 Å². The van der Waals surface area contributed by atoms with E-state index in [2.05, 4.69) is 22.4 Å². The van der Waals surface area contributed by atoms with E-state index in [1.165, 1.54) is 16.7 Å². The number of nitrogens with zero attached hydrogens (tertiary/aromatic N) is 1. The van der Waals surface area contributed by atoms with Gasteiger partial charge < -0.3 is 5.32 Å². The van der Waals surface area contributed by atoms with Gasteiger partial charge in [0.25, 0.3) is 5.91 Å². The quantitative estimate of drug-likeness (QED) is 0.656. The summed E-state index contributed by atoms with van der Waals surface area (Å²) in [6.45, 7) is 0.640. The van der Waals surface area contributed by atoms with Crippen LogP contribution in [0.1, 0.15) is 10.4 Å². The van der Waals surface area contributed by atoms with Crippen LogP contribution in [0.3, 0.4) is 0 Å². The van der Waals surface area contributed by atoms with Crippen LogP contribution in [0.25, 0.3) is 0 Å². The maximum atomic E-state index is 12.1. The van der Waals surface area contributed by atoms with Crippen LogP contribution < -0.4 is 5.32 Å². The predicted octanol–water partition coefficient (Wildman–Crippen LogP) is 3.33. The molecule has 0 saturated carbocycles. The van der Waals surface area contributed by atoms with Crippen molar-refractivity contribution in [1.29, 1.82) is 0 Å². The van der Waals surface area contributed by atoms with Crippen molar-refractivity contribution in [3.63, 3.8) is 0 Å². The van der Waals surface area contributed by atoms with E-state index in [0.29, 0.717) is 12.1 Å². The van der Waals surface area contributed by atoms with Gasteiger partial charge in [0.05, 0.1) is 5.56 Å². The van der Waals surface area contributed by atoms with E-state index in [4.69, 9.17) is 0 Å². The van der Waals surface area contributed by atoms with Crippen molar-refractivity contribution in [2.24, 2.45) is 0 Å². The molecule has 2 rings (SSSR count). The van der Waals surface area contributed by atoms with Crippen molar-refractivity contribution in [2.45, 2.75) is 9.92 Å².